The van der Waals surface area contributed by atoms with Crippen LogP contribution < -0.4 is 11.1 Å². The van der Waals surface area contributed by atoms with E-state index < -0.39 is 0 Å². The molecule has 21 heavy (non-hydrogen) atoms. The molecule has 0 radical (unpaired) electrons. The minimum Gasteiger partial charge on any atom is -0.462 e. The van der Waals surface area contributed by atoms with E-state index in [0.29, 0.717) is 23.6 Å². The molecule has 1 aliphatic rings. The smallest absolute Gasteiger partial charge is 0.341 e. The number of carbonyl (C=O) groups is 2. The number of rotatable bonds is 4. The molecule has 1 saturated carbocycles. The first-order valence-electron chi connectivity index (χ1n) is 7.27. The lowest BCUT2D eigenvalue weighted by Gasteiger charge is -2.11. The first-order valence-corrected chi connectivity index (χ1v) is 8.09. The molecule has 0 bridgehead atoms. The van der Waals surface area contributed by atoms with E-state index in [2.05, 4.69) is 5.32 Å². The van der Waals surface area contributed by atoms with Crippen molar-refractivity contribution in [2.75, 3.05) is 11.9 Å². The summed E-state index contributed by atoms with van der Waals surface area (Å²) in [7, 11) is 0. The monoisotopic (exact) mass is 310 g/mol. The lowest BCUT2D eigenvalue weighted by atomic mass is 10.1. The van der Waals surface area contributed by atoms with Crippen molar-refractivity contribution in [2.24, 2.45) is 11.7 Å². The van der Waals surface area contributed by atoms with Crippen molar-refractivity contribution in [1.82, 2.24) is 0 Å². The van der Waals surface area contributed by atoms with Gasteiger partial charge in [-0.1, -0.05) is 0 Å². The summed E-state index contributed by atoms with van der Waals surface area (Å²) in [4.78, 5) is 25.4. The standard InChI is InChI=1S/C15H22N2O3S/c1-4-20-15(19)12-8(2)9(3)21-14(12)17-13(18)10-5-6-11(16)7-10/h10-11H,4-7,16H2,1-3H3,(H,17,18). The van der Waals surface area contributed by atoms with Crippen molar-refractivity contribution >= 4 is 28.2 Å². The Morgan fingerprint density at radius 1 is 1.38 bits per heavy atom. The van der Waals surface area contributed by atoms with Crippen molar-refractivity contribution in [3.05, 3.63) is 16.0 Å². The first-order chi connectivity index (χ1) is 9.93. The van der Waals surface area contributed by atoms with Gasteiger partial charge in [0.05, 0.1) is 12.2 Å². The minimum absolute atomic E-state index is 0.0465. The Labute approximate surface area is 128 Å². The molecule has 1 aliphatic carbocycles. The van der Waals surface area contributed by atoms with Crippen LogP contribution in [0.15, 0.2) is 0 Å². The average Bonchev–Trinajstić information content (AvgIpc) is 2.95. The van der Waals surface area contributed by atoms with E-state index in [0.717, 1.165) is 23.3 Å². The van der Waals surface area contributed by atoms with Crippen LogP contribution >= 0.6 is 11.3 Å². The van der Waals surface area contributed by atoms with Gasteiger partial charge in [0.15, 0.2) is 0 Å². The van der Waals surface area contributed by atoms with Crippen LogP contribution in [0.5, 0.6) is 0 Å². The fourth-order valence-electron chi connectivity index (χ4n) is 2.63. The molecule has 6 heteroatoms. The number of carbonyl (C=O) groups excluding carboxylic acids is 2. The van der Waals surface area contributed by atoms with Crippen LogP contribution in [0.2, 0.25) is 0 Å². The molecule has 1 aromatic rings. The van der Waals surface area contributed by atoms with Crippen molar-refractivity contribution in [3.63, 3.8) is 0 Å². The van der Waals surface area contributed by atoms with Crippen LogP contribution in [0.25, 0.3) is 0 Å². The number of amides is 1. The third-order valence-corrected chi connectivity index (χ3v) is 5.07. The quantitative estimate of drug-likeness (QED) is 0.838. The number of hydrogen-bond acceptors (Lipinski definition) is 5. The molecule has 2 unspecified atom stereocenters. The topological polar surface area (TPSA) is 81.4 Å². The van der Waals surface area contributed by atoms with Gasteiger partial charge in [-0.3, -0.25) is 4.79 Å². The molecule has 5 nitrogen and oxygen atoms in total. The largest absolute Gasteiger partial charge is 0.462 e. The summed E-state index contributed by atoms with van der Waals surface area (Å²) in [5, 5.41) is 3.49. The number of anilines is 1. The molecule has 1 aromatic heterocycles. The normalized spacial score (nSPS) is 21.3. The fourth-order valence-corrected chi connectivity index (χ4v) is 3.68. The molecule has 3 N–H and O–H groups in total. The Kier molecular flexibility index (Phi) is 5.00. The van der Waals surface area contributed by atoms with Crippen LogP contribution in [0.1, 0.15) is 47.0 Å². The highest BCUT2D eigenvalue weighted by molar-refractivity contribution is 7.16. The van der Waals surface area contributed by atoms with E-state index in [4.69, 9.17) is 10.5 Å². The summed E-state index contributed by atoms with van der Waals surface area (Å²) in [5.41, 5.74) is 7.20. The van der Waals surface area contributed by atoms with Crippen LogP contribution in [-0.4, -0.2) is 24.5 Å². The summed E-state index contributed by atoms with van der Waals surface area (Å²) < 4.78 is 5.08. The predicted molar refractivity (Wildman–Crippen MR) is 83.7 cm³/mol. The molecule has 2 atom stereocenters. The summed E-state index contributed by atoms with van der Waals surface area (Å²) in [6.07, 6.45) is 2.40. The number of hydrogen-bond donors (Lipinski definition) is 2. The van der Waals surface area contributed by atoms with Crippen molar-refractivity contribution < 1.29 is 14.3 Å². The van der Waals surface area contributed by atoms with Gasteiger partial charge in [0.25, 0.3) is 0 Å². The molecule has 1 fully saturated rings. The van der Waals surface area contributed by atoms with Gasteiger partial charge in [0.2, 0.25) is 5.91 Å². The van der Waals surface area contributed by atoms with Crippen LogP contribution in [0.3, 0.4) is 0 Å². The molecule has 1 heterocycles. The van der Waals surface area contributed by atoms with E-state index in [1.807, 2.05) is 13.8 Å². The lowest BCUT2D eigenvalue weighted by Crippen LogP contribution is -2.23. The molecule has 2 rings (SSSR count). The number of thiophene rings is 1. The number of aryl methyl sites for hydroxylation is 1. The van der Waals surface area contributed by atoms with Crippen molar-refractivity contribution in [1.29, 1.82) is 0 Å². The maximum atomic E-state index is 12.3. The van der Waals surface area contributed by atoms with Gasteiger partial charge in [-0.2, -0.15) is 0 Å². The van der Waals surface area contributed by atoms with Crippen molar-refractivity contribution in [2.45, 2.75) is 46.1 Å². The third-order valence-electron chi connectivity index (χ3n) is 3.95. The Balaban J connectivity index is 2.18. The molecule has 116 valence electrons. The first kappa shape index (κ1) is 16.0. The van der Waals surface area contributed by atoms with Crippen LogP contribution in [-0.2, 0) is 9.53 Å². The Hall–Kier alpha value is -1.40. The summed E-state index contributed by atoms with van der Waals surface area (Å²) >= 11 is 1.42. The van der Waals surface area contributed by atoms with Gasteiger partial charge in [0.1, 0.15) is 5.00 Å². The van der Waals surface area contributed by atoms with Gasteiger partial charge < -0.3 is 15.8 Å². The van der Waals surface area contributed by atoms with Gasteiger partial charge in [0, 0.05) is 16.8 Å². The highest BCUT2D eigenvalue weighted by Gasteiger charge is 2.29. The maximum Gasteiger partial charge on any atom is 0.341 e. The molecule has 0 saturated heterocycles. The zero-order chi connectivity index (χ0) is 15.6. The number of nitrogens with one attached hydrogen (secondary N) is 1. The molecule has 0 aromatic carbocycles. The zero-order valence-corrected chi connectivity index (χ0v) is 13.5. The SMILES string of the molecule is CCOC(=O)c1c(NC(=O)C2CCC(N)C2)sc(C)c1C. The van der Waals surface area contributed by atoms with Crippen molar-refractivity contribution in [3.8, 4) is 0 Å². The highest BCUT2D eigenvalue weighted by Crippen LogP contribution is 2.34. The average molecular weight is 310 g/mol. The van der Waals surface area contributed by atoms with E-state index in [1.165, 1.54) is 11.3 Å². The van der Waals surface area contributed by atoms with E-state index in [9.17, 15) is 9.59 Å². The van der Waals surface area contributed by atoms with Gasteiger partial charge in [-0.25, -0.2) is 4.79 Å². The van der Waals surface area contributed by atoms with E-state index >= 15 is 0 Å². The summed E-state index contributed by atoms with van der Waals surface area (Å²) in [5.74, 6) is -0.481. The fraction of sp³-hybridized carbons (Fsp3) is 0.600. The predicted octanol–water partition coefficient (Wildman–Crippen LogP) is 2.61. The zero-order valence-electron chi connectivity index (χ0n) is 12.7. The van der Waals surface area contributed by atoms with E-state index in [1.54, 1.807) is 6.92 Å². The third kappa shape index (κ3) is 3.44. The second kappa shape index (κ2) is 6.58. The second-order valence-corrected chi connectivity index (χ2v) is 6.69. The number of nitrogens with two attached hydrogens (primary N) is 1. The Morgan fingerprint density at radius 2 is 2.10 bits per heavy atom. The van der Waals surface area contributed by atoms with Crippen LogP contribution in [0.4, 0.5) is 5.00 Å². The van der Waals surface area contributed by atoms with Gasteiger partial charge in [-0.15, -0.1) is 11.3 Å². The molecular weight excluding hydrogens is 288 g/mol. The van der Waals surface area contributed by atoms with Gasteiger partial charge in [-0.05, 0) is 45.6 Å². The maximum absolute atomic E-state index is 12.3. The molecule has 1 amide bonds. The molecular formula is C15H22N2O3S. The molecule has 0 aliphatic heterocycles. The second-order valence-electron chi connectivity index (χ2n) is 5.47. The van der Waals surface area contributed by atoms with E-state index in [-0.39, 0.29) is 23.8 Å². The Bertz CT molecular complexity index is 553. The number of ether oxygens (including phenoxy) is 1. The summed E-state index contributed by atoms with van der Waals surface area (Å²) in [6.45, 7) is 5.89. The Morgan fingerprint density at radius 3 is 2.67 bits per heavy atom. The minimum atomic E-state index is -0.377. The van der Waals surface area contributed by atoms with Gasteiger partial charge >= 0.3 is 5.97 Å². The van der Waals surface area contributed by atoms with Crippen LogP contribution in [0, 0.1) is 19.8 Å². The highest BCUT2D eigenvalue weighted by atomic mass is 32.1. The number of esters is 1. The lowest BCUT2D eigenvalue weighted by molar-refractivity contribution is -0.119. The molecule has 0 spiro atoms. The summed E-state index contributed by atoms with van der Waals surface area (Å²) in [6, 6.07) is 0.108.